The molecule has 0 fully saturated rings. The average molecular weight is 500 g/mol. The molecule has 0 aromatic heterocycles. The number of hydrogen-bond acceptors (Lipinski definition) is 6. The van der Waals surface area contributed by atoms with Crippen molar-refractivity contribution in [3.05, 3.63) is 0 Å². The molecule has 10 heteroatoms. The first-order valence-electron chi connectivity index (χ1n) is 12.5. The van der Waals surface area contributed by atoms with Gasteiger partial charge in [-0.05, 0) is 38.5 Å². The Hall–Kier alpha value is -2.78. The molecule has 0 aliphatic rings. The Morgan fingerprint density at radius 1 is 0.629 bits per heavy atom. The molecule has 1 amide bonds. The quantitative estimate of drug-likeness (QED) is 0.153. The summed E-state index contributed by atoms with van der Waals surface area (Å²) < 4.78 is 0. The first kappa shape index (κ1) is 32.2. The Morgan fingerprint density at radius 3 is 1.74 bits per heavy atom. The minimum Gasteiger partial charge on any atom is -0.481 e. The second-order valence-corrected chi connectivity index (χ2v) is 9.00. The molecule has 0 radical (unpaired) electrons. The number of unbranched alkanes of at least 4 members (excludes halogenated alkanes) is 4. The third kappa shape index (κ3) is 18.2. The third-order valence-corrected chi connectivity index (χ3v) is 5.79. The molecule has 0 saturated heterocycles. The van der Waals surface area contributed by atoms with Gasteiger partial charge in [0.25, 0.3) is 0 Å². The molecule has 4 N–H and O–H groups in total. The van der Waals surface area contributed by atoms with E-state index in [1.807, 2.05) is 6.92 Å². The lowest BCUT2D eigenvalue weighted by molar-refractivity contribution is -0.146. The Balaban J connectivity index is 4.08. The van der Waals surface area contributed by atoms with Gasteiger partial charge in [0.1, 0.15) is 11.6 Å². The summed E-state index contributed by atoms with van der Waals surface area (Å²) in [6, 6.07) is 0. The topological polar surface area (TPSA) is 175 Å². The SMILES string of the molecule is CCCC(=O)CCCCCCC(=O)NCCCC[C@H](CC(=O)C[C@@H](CCC(=O)O)C(=O)O)C(=O)O. The fourth-order valence-electron chi connectivity index (χ4n) is 3.75. The molecule has 35 heavy (non-hydrogen) atoms. The summed E-state index contributed by atoms with van der Waals surface area (Å²) in [5.74, 6) is -5.96. The molecule has 0 rings (SSSR count). The predicted molar refractivity (Wildman–Crippen MR) is 128 cm³/mol. The average Bonchev–Trinajstić information content (AvgIpc) is 2.77. The minimum atomic E-state index is -1.27. The van der Waals surface area contributed by atoms with Gasteiger partial charge in [-0.2, -0.15) is 0 Å². The predicted octanol–water partition coefficient (Wildman–Crippen LogP) is 3.60. The smallest absolute Gasteiger partial charge is 0.306 e. The van der Waals surface area contributed by atoms with Crippen LogP contribution >= 0.6 is 0 Å². The lowest BCUT2D eigenvalue weighted by Gasteiger charge is -2.14. The van der Waals surface area contributed by atoms with Crippen LogP contribution in [0.25, 0.3) is 0 Å². The molecule has 10 nitrogen and oxygen atoms in total. The summed E-state index contributed by atoms with van der Waals surface area (Å²) in [5.41, 5.74) is 0. The van der Waals surface area contributed by atoms with Crippen molar-refractivity contribution in [2.45, 2.75) is 103 Å². The maximum atomic E-state index is 12.2. The third-order valence-electron chi connectivity index (χ3n) is 5.79. The van der Waals surface area contributed by atoms with E-state index in [4.69, 9.17) is 10.2 Å². The Bertz CT molecular complexity index is 705. The number of nitrogens with one attached hydrogen (secondary N) is 1. The number of Topliss-reactive ketones (excluding diaryl/α,β-unsaturated/α-hetero) is 2. The Labute approximate surface area is 206 Å². The maximum Gasteiger partial charge on any atom is 0.306 e. The van der Waals surface area contributed by atoms with Gasteiger partial charge in [-0.3, -0.25) is 28.8 Å². The largest absolute Gasteiger partial charge is 0.481 e. The van der Waals surface area contributed by atoms with E-state index < -0.39 is 41.9 Å². The number of carbonyl (C=O) groups excluding carboxylic acids is 3. The summed E-state index contributed by atoms with van der Waals surface area (Å²) in [7, 11) is 0. The summed E-state index contributed by atoms with van der Waals surface area (Å²) in [6.07, 6.45) is 5.93. The van der Waals surface area contributed by atoms with Crippen LogP contribution in [0.4, 0.5) is 0 Å². The molecular weight excluding hydrogens is 458 g/mol. The van der Waals surface area contributed by atoms with Crippen LogP contribution in [0.3, 0.4) is 0 Å². The molecule has 0 saturated carbocycles. The van der Waals surface area contributed by atoms with Crippen LogP contribution in [0.15, 0.2) is 0 Å². The zero-order chi connectivity index (χ0) is 26.6. The molecular formula is C25H41NO9. The summed E-state index contributed by atoms with van der Waals surface area (Å²) in [5, 5.41) is 30.0. The van der Waals surface area contributed by atoms with Crippen LogP contribution < -0.4 is 5.32 Å². The van der Waals surface area contributed by atoms with Crippen molar-refractivity contribution in [1.82, 2.24) is 5.32 Å². The van der Waals surface area contributed by atoms with Gasteiger partial charge in [-0.25, -0.2) is 0 Å². The van der Waals surface area contributed by atoms with E-state index in [0.717, 1.165) is 32.1 Å². The van der Waals surface area contributed by atoms with E-state index in [0.29, 0.717) is 44.4 Å². The molecule has 200 valence electrons. The lowest BCUT2D eigenvalue weighted by Crippen LogP contribution is -2.25. The number of carboxylic acids is 3. The Morgan fingerprint density at radius 2 is 1.20 bits per heavy atom. The molecule has 2 atom stereocenters. The lowest BCUT2D eigenvalue weighted by atomic mass is 9.90. The van der Waals surface area contributed by atoms with Crippen LogP contribution in [-0.2, 0) is 28.8 Å². The highest BCUT2D eigenvalue weighted by atomic mass is 16.4. The number of amides is 1. The highest BCUT2D eigenvalue weighted by molar-refractivity contribution is 5.87. The van der Waals surface area contributed by atoms with Gasteiger partial charge < -0.3 is 20.6 Å². The number of carboxylic acid groups (broad SMARTS) is 3. The molecule has 0 aliphatic heterocycles. The van der Waals surface area contributed by atoms with Crippen molar-refractivity contribution in [1.29, 1.82) is 0 Å². The summed E-state index contributed by atoms with van der Waals surface area (Å²) >= 11 is 0. The molecule has 0 heterocycles. The number of carbonyl (C=O) groups is 6. The van der Waals surface area contributed by atoms with Gasteiger partial charge in [0.15, 0.2) is 0 Å². The van der Waals surface area contributed by atoms with Crippen LogP contribution in [0, 0.1) is 11.8 Å². The highest BCUT2D eigenvalue weighted by Crippen LogP contribution is 2.19. The summed E-state index contributed by atoms with van der Waals surface area (Å²) in [6.45, 7) is 2.39. The van der Waals surface area contributed by atoms with Crippen molar-refractivity contribution >= 4 is 35.4 Å². The molecule has 0 aliphatic carbocycles. The molecule has 0 bridgehead atoms. The standard InChI is InChI=1S/C25H41NO9/c1-2-9-20(27)11-5-3-4-6-12-22(29)26-15-8-7-10-18(24(32)33)16-21(28)17-19(25(34)35)13-14-23(30)31/h18-19H,2-17H2,1H3,(H,26,29)(H,30,31)(H,32,33)(H,34,35)/t18-,19-/m1/s1. The number of rotatable bonds is 23. The van der Waals surface area contributed by atoms with Crippen molar-refractivity contribution in [2.75, 3.05) is 6.54 Å². The van der Waals surface area contributed by atoms with Crippen LogP contribution in [0.1, 0.15) is 103 Å². The number of hydrogen-bond donors (Lipinski definition) is 4. The molecule has 0 unspecified atom stereocenters. The number of aliphatic carboxylic acids is 3. The fraction of sp³-hybridized carbons (Fsp3) is 0.760. The first-order valence-corrected chi connectivity index (χ1v) is 12.5. The van der Waals surface area contributed by atoms with E-state index >= 15 is 0 Å². The van der Waals surface area contributed by atoms with Crippen molar-refractivity contribution in [2.24, 2.45) is 11.8 Å². The normalized spacial score (nSPS) is 12.5. The number of ketones is 2. The first-order chi connectivity index (χ1) is 16.6. The second kappa shape index (κ2) is 19.5. The van der Waals surface area contributed by atoms with Gasteiger partial charge in [-0.1, -0.05) is 26.2 Å². The van der Waals surface area contributed by atoms with Gasteiger partial charge in [0, 0.05) is 45.1 Å². The van der Waals surface area contributed by atoms with Crippen LogP contribution in [0.2, 0.25) is 0 Å². The molecule has 0 aromatic rings. The molecule has 0 spiro atoms. The minimum absolute atomic E-state index is 0.0712. The van der Waals surface area contributed by atoms with E-state index in [-0.39, 0.29) is 31.6 Å². The molecule has 0 aromatic carbocycles. The second-order valence-electron chi connectivity index (χ2n) is 9.00. The summed E-state index contributed by atoms with van der Waals surface area (Å²) in [4.78, 5) is 68.8. The maximum absolute atomic E-state index is 12.2. The van der Waals surface area contributed by atoms with E-state index in [1.54, 1.807) is 0 Å². The van der Waals surface area contributed by atoms with E-state index in [2.05, 4.69) is 5.32 Å². The van der Waals surface area contributed by atoms with Gasteiger partial charge in [-0.15, -0.1) is 0 Å². The zero-order valence-electron chi connectivity index (χ0n) is 20.8. The highest BCUT2D eigenvalue weighted by Gasteiger charge is 2.26. The van der Waals surface area contributed by atoms with E-state index in [9.17, 15) is 33.9 Å². The van der Waals surface area contributed by atoms with Crippen LogP contribution in [0.5, 0.6) is 0 Å². The monoisotopic (exact) mass is 499 g/mol. The Kier molecular flexibility index (Phi) is 18.0. The van der Waals surface area contributed by atoms with Gasteiger partial charge in [0.05, 0.1) is 11.8 Å². The van der Waals surface area contributed by atoms with E-state index in [1.165, 1.54) is 0 Å². The van der Waals surface area contributed by atoms with Gasteiger partial charge in [0.2, 0.25) is 5.91 Å². The fourth-order valence-corrected chi connectivity index (χ4v) is 3.75. The van der Waals surface area contributed by atoms with Crippen molar-refractivity contribution in [3.8, 4) is 0 Å². The van der Waals surface area contributed by atoms with Crippen molar-refractivity contribution in [3.63, 3.8) is 0 Å². The van der Waals surface area contributed by atoms with Gasteiger partial charge >= 0.3 is 17.9 Å². The van der Waals surface area contributed by atoms with Crippen molar-refractivity contribution < 1.29 is 44.1 Å². The van der Waals surface area contributed by atoms with Crippen LogP contribution in [-0.4, -0.2) is 57.2 Å². The zero-order valence-corrected chi connectivity index (χ0v) is 20.8.